The highest BCUT2D eigenvalue weighted by atomic mass is 35.5. The van der Waals surface area contributed by atoms with Crippen molar-refractivity contribution in [1.29, 1.82) is 0 Å². The second-order valence-corrected chi connectivity index (χ2v) is 5.70. The van der Waals surface area contributed by atoms with Gasteiger partial charge in [0.1, 0.15) is 0 Å². The van der Waals surface area contributed by atoms with Crippen LogP contribution in [0.1, 0.15) is 37.0 Å². The summed E-state index contributed by atoms with van der Waals surface area (Å²) < 4.78 is 0. The molecule has 0 aliphatic rings. The monoisotopic (exact) mass is 284 g/mol. The number of nitrogens with one attached hydrogen (secondary N) is 1. The van der Waals surface area contributed by atoms with Crippen LogP contribution in [0.4, 0.5) is 0 Å². The van der Waals surface area contributed by atoms with Crippen molar-refractivity contribution in [2.24, 2.45) is 5.73 Å². The summed E-state index contributed by atoms with van der Waals surface area (Å²) in [6, 6.07) is 6.34. The van der Waals surface area contributed by atoms with Gasteiger partial charge < -0.3 is 11.1 Å². The number of carbonyl (C=O) groups is 1. The van der Waals surface area contributed by atoms with E-state index in [-0.39, 0.29) is 23.9 Å². The predicted octanol–water partition coefficient (Wildman–Crippen LogP) is 2.51. The van der Waals surface area contributed by atoms with Gasteiger partial charge in [0, 0.05) is 18.5 Å². The van der Waals surface area contributed by atoms with E-state index in [1.54, 1.807) is 0 Å². The third-order valence-electron chi connectivity index (χ3n) is 2.86. The van der Waals surface area contributed by atoms with Crippen LogP contribution in [0.3, 0.4) is 0 Å². The molecule has 0 saturated carbocycles. The van der Waals surface area contributed by atoms with Crippen LogP contribution in [0.2, 0.25) is 0 Å². The number of hydrogen-bond acceptors (Lipinski definition) is 2. The molecule has 0 heterocycles. The highest BCUT2D eigenvalue weighted by molar-refractivity contribution is 5.85. The Hall–Kier alpha value is -1.06. The molecule has 108 valence electrons. The normalized spacial score (nSPS) is 10.8. The number of aryl methyl sites for hydroxylation is 3. The van der Waals surface area contributed by atoms with Crippen LogP contribution in [0.5, 0.6) is 0 Å². The van der Waals surface area contributed by atoms with Crippen molar-refractivity contribution in [1.82, 2.24) is 5.32 Å². The molecule has 3 nitrogen and oxygen atoms in total. The SMILES string of the molecule is Cc1ccc(CCC(=O)NCC(C)(C)N)c(C)c1.Cl. The number of amides is 1. The molecular weight excluding hydrogens is 260 g/mol. The standard InChI is InChI=1S/C15H24N2O.ClH/c1-11-5-6-13(12(2)9-11)7-8-14(18)17-10-15(3,4)16;/h5-6,9H,7-8,10,16H2,1-4H3,(H,17,18);1H. The first-order chi connectivity index (χ1) is 8.28. The lowest BCUT2D eigenvalue weighted by molar-refractivity contribution is -0.121. The van der Waals surface area contributed by atoms with Gasteiger partial charge in [0.15, 0.2) is 0 Å². The second-order valence-electron chi connectivity index (χ2n) is 5.70. The third kappa shape index (κ3) is 7.19. The zero-order valence-corrected chi connectivity index (χ0v) is 13.1. The Morgan fingerprint density at radius 3 is 2.47 bits per heavy atom. The molecule has 1 rings (SSSR count). The fraction of sp³-hybridized carbons (Fsp3) is 0.533. The van der Waals surface area contributed by atoms with E-state index in [4.69, 9.17) is 5.73 Å². The van der Waals surface area contributed by atoms with E-state index in [2.05, 4.69) is 37.4 Å². The summed E-state index contributed by atoms with van der Waals surface area (Å²) in [5, 5.41) is 2.86. The number of nitrogens with two attached hydrogens (primary N) is 1. The smallest absolute Gasteiger partial charge is 0.220 e. The first-order valence-corrected chi connectivity index (χ1v) is 6.40. The highest BCUT2D eigenvalue weighted by Gasteiger charge is 2.12. The fourth-order valence-corrected chi connectivity index (χ4v) is 1.79. The van der Waals surface area contributed by atoms with Gasteiger partial charge in [-0.2, -0.15) is 0 Å². The van der Waals surface area contributed by atoms with Gasteiger partial charge in [0.25, 0.3) is 0 Å². The lowest BCUT2D eigenvalue weighted by atomic mass is 10.0. The molecule has 0 atom stereocenters. The minimum Gasteiger partial charge on any atom is -0.354 e. The Bertz CT molecular complexity index is 425. The molecule has 0 radical (unpaired) electrons. The van der Waals surface area contributed by atoms with Gasteiger partial charge in [-0.1, -0.05) is 23.8 Å². The maximum Gasteiger partial charge on any atom is 0.220 e. The van der Waals surface area contributed by atoms with Crippen molar-refractivity contribution in [3.63, 3.8) is 0 Å². The van der Waals surface area contributed by atoms with Gasteiger partial charge in [-0.3, -0.25) is 4.79 Å². The van der Waals surface area contributed by atoms with Crippen molar-refractivity contribution in [3.05, 3.63) is 34.9 Å². The maximum absolute atomic E-state index is 11.7. The Morgan fingerprint density at radius 1 is 1.32 bits per heavy atom. The Labute approximate surface area is 122 Å². The second kappa shape index (κ2) is 7.51. The van der Waals surface area contributed by atoms with Crippen LogP contribution in [0.25, 0.3) is 0 Å². The lowest BCUT2D eigenvalue weighted by Crippen LogP contribution is -2.45. The number of benzene rings is 1. The van der Waals surface area contributed by atoms with E-state index in [0.29, 0.717) is 13.0 Å². The molecule has 1 aromatic rings. The summed E-state index contributed by atoms with van der Waals surface area (Å²) in [5.41, 5.74) is 9.21. The first kappa shape index (κ1) is 17.9. The minimum atomic E-state index is -0.352. The van der Waals surface area contributed by atoms with Crippen LogP contribution in [0, 0.1) is 13.8 Å². The zero-order valence-electron chi connectivity index (χ0n) is 12.2. The van der Waals surface area contributed by atoms with Crippen molar-refractivity contribution in [3.8, 4) is 0 Å². The summed E-state index contributed by atoms with van der Waals surface area (Å²) in [4.78, 5) is 11.7. The van der Waals surface area contributed by atoms with E-state index < -0.39 is 0 Å². The van der Waals surface area contributed by atoms with Gasteiger partial charge in [-0.15, -0.1) is 12.4 Å². The van der Waals surface area contributed by atoms with E-state index >= 15 is 0 Å². The molecule has 0 aromatic heterocycles. The molecule has 0 bridgehead atoms. The van der Waals surface area contributed by atoms with Gasteiger partial charge in [-0.05, 0) is 45.2 Å². The van der Waals surface area contributed by atoms with Crippen molar-refractivity contribution in [2.45, 2.75) is 46.1 Å². The van der Waals surface area contributed by atoms with Crippen LogP contribution in [0.15, 0.2) is 18.2 Å². The minimum absolute atomic E-state index is 0. The van der Waals surface area contributed by atoms with E-state index in [1.165, 1.54) is 16.7 Å². The van der Waals surface area contributed by atoms with Crippen LogP contribution in [-0.2, 0) is 11.2 Å². The molecule has 19 heavy (non-hydrogen) atoms. The number of carbonyl (C=O) groups excluding carboxylic acids is 1. The average molecular weight is 285 g/mol. The molecule has 0 fully saturated rings. The van der Waals surface area contributed by atoms with E-state index in [0.717, 1.165) is 6.42 Å². The molecule has 1 amide bonds. The molecule has 4 heteroatoms. The molecule has 0 aliphatic carbocycles. The summed E-state index contributed by atoms with van der Waals surface area (Å²) >= 11 is 0. The summed E-state index contributed by atoms with van der Waals surface area (Å²) in [7, 11) is 0. The maximum atomic E-state index is 11.7. The number of hydrogen-bond donors (Lipinski definition) is 2. The van der Waals surface area contributed by atoms with Crippen LogP contribution < -0.4 is 11.1 Å². The van der Waals surface area contributed by atoms with Crippen LogP contribution in [-0.4, -0.2) is 18.0 Å². The molecule has 3 N–H and O–H groups in total. The number of rotatable bonds is 5. The lowest BCUT2D eigenvalue weighted by Gasteiger charge is -2.18. The summed E-state index contributed by atoms with van der Waals surface area (Å²) in [6.45, 7) is 8.48. The largest absolute Gasteiger partial charge is 0.354 e. The molecule has 0 unspecified atom stereocenters. The molecule has 0 aliphatic heterocycles. The Kier molecular flexibility index (Phi) is 7.09. The quantitative estimate of drug-likeness (QED) is 0.873. The highest BCUT2D eigenvalue weighted by Crippen LogP contribution is 2.12. The third-order valence-corrected chi connectivity index (χ3v) is 2.86. The molecule has 0 saturated heterocycles. The molecule has 0 spiro atoms. The van der Waals surface area contributed by atoms with Crippen LogP contribution >= 0.6 is 12.4 Å². The Morgan fingerprint density at radius 2 is 1.95 bits per heavy atom. The fourth-order valence-electron chi connectivity index (χ4n) is 1.79. The van der Waals surface area contributed by atoms with Gasteiger partial charge in [0.2, 0.25) is 5.91 Å². The van der Waals surface area contributed by atoms with Crippen molar-refractivity contribution in [2.75, 3.05) is 6.54 Å². The molecule has 1 aromatic carbocycles. The first-order valence-electron chi connectivity index (χ1n) is 6.40. The number of halogens is 1. The predicted molar refractivity (Wildman–Crippen MR) is 82.8 cm³/mol. The Balaban J connectivity index is 0.00000324. The topological polar surface area (TPSA) is 55.1 Å². The molecular formula is C15H25ClN2O. The van der Waals surface area contributed by atoms with Crippen molar-refractivity contribution < 1.29 is 4.79 Å². The summed E-state index contributed by atoms with van der Waals surface area (Å²) in [6.07, 6.45) is 1.29. The van der Waals surface area contributed by atoms with E-state index in [9.17, 15) is 4.79 Å². The zero-order chi connectivity index (χ0) is 13.8. The van der Waals surface area contributed by atoms with Crippen molar-refractivity contribution >= 4 is 18.3 Å². The summed E-state index contributed by atoms with van der Waals surface area (Å²) in [5.74, 6) is 0.0634. The van der Waals surface area contributed by atoms with Gasteiger partial charge >= 0.3 is 0 Å². The van der Waals surface area contributed by atoms with E-state index in [1.807, 2.05) is 13.8 Å². The van der Waals surface area contributed by atoms with Gasteiger partial charge in [0.05, 0.1) is 0 Å². The van der Waals surface area contributed by atoms with Gasteiger partial charge in [-0.25, -0.2) is 0 Å². The average Bonchev–Trinajstić information content (AvgIpc) is 2.24.